The maximum Gasteiger partial charge on any atom is 0.269 e. The van der Waals surface area contributed by atoms with Crippen molar-refractivity contribution in [1.29, 1.82) is 0 Å². The summed E-state index contributed by atoms with van der Waals surface area (Å²) in [4.78, 5) is 29.1. The third kappa shape index (κ3) is 3.24. The first-order valence-corrected chi connectivity index (χ1v) is 11.3. The number of carbonyl (C=O) groups excluding carboxylic acids is 2. The van der Waals surface area contributed by atoms with Crippen LogP contribution in [0.25, 0.3) is 0 Å². The first-order valence-electron chi connectivity index (χ1n) is 10.3. The Bertz CT molecular complexity index is 1270. The number of hydrogen-bond donors (Lipinski definition) is 0. The summed E-state index contributed by atoms with van der Waals surface area (Å²) in [5.41, 5.74) is 2.65. The Balaban J connectivity index is 1.63. The van der Waals surface area contributed by atoms with Gasteiger partial charge in [-0.25, -0.2) is 4.39 Å². The largest absolute Gasteiger partial charge is 0.493 e. The Labute approximate surface area is 194 Å². The maximum absolute atomic E-state index is 14.0. The number of rotatable bonds is 5. The van der Waals surface area contributed by atoms with Crippen LogP contribution in [0.15, 0.2) is 66.7 Å². The van der Waals surface area contributed by atoms with Crippen LogP contribution in [-0.4, -0.2) is 31.8 Å². The SMILES string of the molecule is COc1ccc(N2C(=O)CSC23C(=O)N(Cc2cccc(F)c2)c2ccccc23)cc1OC. The van der Waals surface area contributed by atoms with E-state index in [2.05, 4.69) is 0 Å². The molecule has 3 aromatic rings. The second-order valence-corrected chi connectivity index (χ2v) is 8.91. The summed E-state index contributed by atoms with van der Waals surface area (Å²) in [6.45, 7) is 0.198. The first kappa shape index (κ1) is 21.3. The highest BCUT2D eigenvalue weighted by atomic mass is 32.2. The smallest absolute Gasteiger partial charge is 0.269 e. The normalized spacial score (nSPS) is 19.4. The van der Waals surface area contributed by atoms with Crippen LogP contribution in [0.1, 0.15) is 11.1 Å². The Morgan fingerprint density at radius 1 is 0.970 bits per heavy atom. The molecule has 168 valence electrons. The van der Waals surface area contributed by atoms with Crippen molar-refractivity contribution in [2.24, 2.45) is 0 Å². The van der Waals surface area contributed by atoms with Crippen molar-refractivity contribution in [2.45, 2.75) is 11.4 Å². The van der Waals surface area contributed by atoms with Gasteiger partial charge in [-0.1, -0.05) is 30.3 Å². The Kier molecular flexibility index (Phi) is 5.25. The van der Waals surface area contributed by atoms with Gasteiger partial charge in [0.15, 0.2) is 11.5 Å². The zero-order valence-electron chi connectivity index (χ0n) is 18.1. The molecule has 0 aromatic heterocycles. The highest BCUT2D eigenvalue weighted by Gasteiger charge is 2.61. The Hall–Kier alpha value is -3.52. The number of halogens is 1. The van der Waals surface area contributed by atoms with E-state index in [1.54, 1.807) is 40.1 Å². The van der Waals surface area contributed by atoms with Gasteiger partial charge in [-0.05, 0) is 35.9 Å². The van der Waals surface area contributed by atoms with E-state index >= 15 is 0 Å². The standard InChI is InChI=1S/C25H21FN2O4S/c1-31-21-11-10-18(13-22(21)32-2)28-23(29)15-33-25(28)19-8-3-4-9-20(19)27(24(25)30)14-16-6-5-7-17(26)12-16/h3-13H,14-15H2,1-2H3. The summed E-state index contributed by atoms with van der Waals surface area (Å²) in [7, 11) is 3.06. The van der Waals surface area contributed by atoms with Crippen LogP contribution >= 0.6 is 11.8 Å². The lowest BCUT2D eigenvalue weighted by Gasteiger charge is -2.33. The van der Waals surface area contributed by atoms with Crippen LogP contribution in [0.3, 0.4) is 0 Å². The second kappa shape index (κ2) is 8.12. The summed E-state index contributed by atoms with van der Waals surface area (Å²) >= 11 is 1.29. The molecule has 2 heterocycles. The van der Waals surface area contributed by atoms with Crippen molar-refractivity contribution in [2.75, 3.05) is 29.8 Å². The van der Waals surface area contributed by atoms with Crippen molar-refractivity contribution in [3.8, 4) is 11.5 Å². The average molecular weight is 465 g/mol. The molecule has 1 spiro atoms. The molecule has 6 nitrogen and oxygen atoms in total. The number of benzene rings is 3. The van der Waals surface area contributed by atoms with Crippen molar-refractivity contribution >= 4 is 35.0 Å². The van der Waals surface area contributed by atoms with E-state index in [-0.39, 0.29) is 29.9 Å². The number of methoxy groups -OCH3 is 2. The predicted molar refractivity (Wildman–Crippen MR) is 125 cm³/mol. The molecule has 2 amide bonds. The third-order valence-electron chi connectivity index (χ3n) is 5.92. The molecule has 8 heteroatoms. The number of ether oxygens (including phenoxy) is 2. The molecule has 5 rings (SSSR count). The van der Waals surface area contributed by atoms with E-state index in [9.17, 15) is 14.0 Å². The van der Waals surface area contributed by atoms with Crippen LogP contribution in [-0.2, 0) is 21.0 Å². The summed E-state index contributed by atoms with van der Waals surface area (Å²) in [6.07, 6.45) is 0. The van der Waals surface area contributed by atoms with Crippen LogP contribution < -0.4 is 19.3 Å². The molecular formula is C25H21FN2O4S. The van der Waals surface area contributed by atoms with E-state index in [0.717, 1.165) is 5.56 Å². The highest BCUT2D eigenvalue weighted by Crippen LogP contribution is 2.56. The molecule has 0 bridgehead atoms. The van der Waals surface area contributed by atoms with E-state index in [4.69, 9.17) is 9.47 Å². The molecule has 1 atom stereocenters. The van der Waals surface area contributed by atoms with E-state index in [0.29, 0.717) is 28.4 Å². The van der Waals surface area contributed by atoms with Crippen LogP contribution in [0.4, 0.5) is 15.8 Å². The quantitative estimate of drug-likeness (QED) is 0.563. The van der Waals surface area contributed by atoms with Gasteiger partial charge in [-0.2, -0.15) is 0 Å². The van der Waals surface area contributed by atoms with E-state index in [1.165, 1.54) is 38.1 Å². The lowest BCUT2D eigenvalue weighted by molar-refractivity contribution is -0.123. The van der Waals surface area contributed by atoms with Crippen molar-refractivity contribution in [3.05, 3.63) is 83.7 Å². The number of thioether (sulfide) groups is 1. The number of fused-ring (bicyclic) bond motifs is 2. The molecule has 2 aliphatic heterocycles. The molecule has 1 fully saturated rings. The number of hydrogen-bond acceptors (Lipinski definition) is 5. The zero-order chi connectivity index (χ0) is 23.2. The average Bonchev–Trinajstić information content (AvgIpc) is 3.29. The monoisotopic (exact) mass is 464 g/mol. The summed E-state index contributed by atoms with van der Waals surface area (Å²) in [5.74, 6) is 0.370. The number of amides is 2. The van der Waals surface area contributed by atoms with Gasteiger partial charge in [0.05, 0.1) is 32.2 Å². The molecule has 0 radical (unpaired) electrons. The van der Waals surface area contributed by atoms with Crippen LogP contribution in [0.2, 0.25) is 0 Å². The van der Waals surface area contributed by atoms with Gasteiger partial charge in [0.1, 0.15) is 5.82 Å². The number of nitrogens with zero attached hydrogens (tertiary/aromatic N) is 2. The van der Waals surface area contributed by atoms with Gasteiger partial charge in [-0.15, -0.1) is 11.8 Å². The molecule has 0 aliphatic carbocycles. The van der Waals surface area contributed by atoms with Gasteiger partial charge in [0.25, 0.3) is 5.91 Å². The fraction of sp³-hybridized carbons (Fsp3) is 0.200. The minimum Gasteiger partial charge on any atom is -0.493 e. The first-order chi connectivity index (χ1) is 16.0. The number of carbonyl (C=O) groups is 2. The minimum atomic E-state index is -1.25. The minimum absolute atomic E-state index is 0.155. The lowest BCUT2D eigenvalue weighted by atomic mass is 10.0. The highest BCUT2D eigenvalue weighted by molar-refractivity contribution is 8.02. The van der Waals surface area contributed by atoms with E-state index in [1.807, 2.05) is 24.3 Å². The zero-order valence-corrected chi connectivity index (χ0v) is 18.9. The van der Waals surface area contributed by atoms with Gasteiger partial charge >= 0.3 is 0 Å². The Morgan fingerprint density at radius 3 is 2.52 bits per heavy atom. The maximum atomic E-state index is 14.0. The molecule has 2 aliphatic rings. The second-order valence-electron chi connectivity index (χ2n) is 7.74. The van der Waals surface area contributed by atoms with Gasteiger partial charge in [0, 0.05) is 17.3 Å². The summed E-state index contributed by atoms with van der Waals surface area (Å²) in [6, 6.07) is 18.8. The fourth-order valence-electron chi connectivity index (χ4n) is 4.49. The van der Waals surface area contributed by atoms with Crippen molar-refractivity contribution < 1.29 is 23.5 Å². The number of anilines is 2. The van der Waals surface area contributed by atoms with Gasteiger partial charge < -0.3 is 14.4 Å². The summed E-state index contributed by atoms with van der Waals surface area (Å²) in [5, 5.41) is 0. The fourth-order valence-corrected chi connectivity index (χ4v) is 5.85. The van der Waals surface area contributed by atoms with Crippen molar-refractivity contribution in [1.82, 2.24) is 0 Å². The Morgan fingerprint density at radius 2 is 1.76 bits per heavy atom. The third-order valence-corrected chi connectivity index (χ3v) is 7.30. The van der Waals surface area contributed by atoms with Gasteiger partial charge in [0.2, 0.25) is 10.8 Å². The molecular weight excluding hydrogens is 443 g/mol. The molecule has 33 heavy (non-hydrogen) atoms. The molecule has 3 aromatic carbocycles. The van der Waals surface area contributed by atoms with Crippen LogP contribution in [0, 0.1) is 5.82 Å². The lowest BCUT2D eigenvalue weighted by Crippen LogP contribution is -2.49. The molecule has 1 unspecified atom stereocenters. The number of para-hydroxylation sites is 1. The topological polar surface area (TPSA) is 59.1 Å². The van der Waals surface area contributed by atoms with E-state index < -0.39 is 4.87 Å². The predicted octanol–water partition coefficient (Wildman–Crippen LogP) is 4.32. The van der Waals surface area contributed by atoms with Crippen molar-refractivity contribution in [3.63, 3.8) is 0 Å². The van der Waals surface area contributed by atoms with Crippen LogP contribution in [0.5, 0.6) is 11.5 Å². The summed E-state index contributed by atoms with van der Waals surface area (Å²) < 4.78 is 24.6. The van der Waals surface area contributed by atoms with Gasteiger partial charge in [-0.3, -0.25) is 14.5 Å². The molecule has 0 saturated carbocycles. The molecule has 1 saturated heterocycles. The molecule has 0 N–H and O–H groups in total.